The summed E-state index contributed by atoms with van der Waals surface area (Å²) in [5, 5.41) is 8.88. The van der Waals surface area contributed by atoms with E-state index in [0.29, 0.717) is 5.56 Å². The molecule has 1 unspecified atom stereocenters. The van der Waals surface area contributed by atoms with Crippen molar-refractivity contribution < 1.29 is 27.4 Å². The minimum absolute atomic E-state index is 0.0138. The van der Waals surface area contributed by atoms with Crippen molar-refractivity contribution in [1.82, 2.24) is 4.31 Å². The van der Waals surface area contributed by atoms with E-state index in [9.17, 15) is 17.6 Å². The first-order chi connectivity index (χ1) is 9.82. The van der Waals surface area contributed by atoms with E-state index in [1.807, 2.05) is 0 Å². The maximum absolute atomic E-state index is 13.4. The van der Waals surface area contributed by atoms with E-state index in [-0.39, 0.29) is 31.1 Å². The van der Waals surface area contributed by atoms with Crippen LogP contribution in [0, 0.1) is 12.7 Å². The van der Waals surface area contributed by atoms with Gasteiger partial charge in [0, 0.05) is 6.54 Å². The fourth-order valence-electron chi connectivity index (χ4n) is 2.30. The molecule has 0 radical (unpaired) electrons. The summed E-state index contributed by atoms with van der Waals surface area (Å²) in [6, 6.07) is 2.73. The quantitative estimate of drug-likeness (QED) is 0.895. The zero-order valence-corrected chi connectivity index (χ0v) is 12.3. The number of morpholine rings is 1. The van der Waals surface area contributed by atoms with E-state index in [4.69, 9.17) is 9.84 Å². The molecule has 1 heterocycles. The molecule has 8 heteroatoms. The van der Waals surface area contributed by atoms with Gasteiger partial charge in [-0.1, -0.05) is 6.07 Å². The molecular formula is C13H16FNO5S. The predicted octanol–water partition coefficient (Wildman–Crippen LogP) is 0.998. The van der Waals surface area contributed by atoms with Crippen LogP contribution in [0.25, 0.3) is 0 Å². The zero-order valence-electron chi connectivity index (χ0n) is 11.5. The van der Waals surface area contributed by atoms with Gasteiger partial charge in [-0.25, -0.2) is 12.8 Å². The molecule has 1 aromatic carbocycles. The Morgan fingerprint density at radius 3 is 2.90 bits per heavy atom. The number of halogens is 1. The van der Waals surface area contributed by atoms with Crippen molar-refractivity contribution >= 4 is 16.0 Å². The van der Waals surface area contributed by atoms with Crippen LogP contribution in [-0.2, 0) is 19.6 Å². The lowest BCUT2D eigenvalue weighted by Gasteiger charge is -2.34. The molecule has 0 spiro atoms. The maximum Gasteiger partial charge on any atom is 0.305 e. The number of aryl methyl sites for hydroxylation is 1. The first-order valence-corrected chi connectivity index (χ1v) is 7.84. The lowest BCUT2D eigenvalue weighted by molar-refractivity contribution is -0.139. The van der Waals surface area contributed by atoms with E-state index >= 15 is 0 Å². The van der Waals surface area contributed by atoms with Gasteiger partial charge in [0.1, 0.15) is 5.82 Å². The molecule has 21 heavy (non-hydrogen) atoms. The highest BCUT2D eigenvalue weighted by Gasteiger charge is 2.36. The number of rotatable bonds is 4. The Kier molecular flexibility index (Phi) is 4.60. The lowest BCUT2D eigenvalue weighted by Crippen LogP contribution is -2.49. The third-order valence-electron chi connectivity index (χ3n) is 3.32. The van der Waals surface area contributed by atoms with E-state index in [2.05, 4.69) is 0 Å². The number of aliphatic carboxylic acids is 1. The fraction of sp³-hybridized carbons (Fsp3) is 0.462. The highest BCUT2D eigenvalue weighted by molar-refractivity contribution is 7.89. The van der Waals surface area contributed by atoms with Crippen LogP contribution in [0.1, 0.15) is 12.0 Å². The van der Waals surface area contributed by atoms with E-state index in [1.54, 1.807) is 6.92 Å². The van der Waals surface area contributed by atoms with E-state index < -0.39 is 27.9 Å². The summed E-state index contributed by atoms with van der Waals surface area (Å²) in [5.41, 5.74) is 0.414. The van der Waals surface area contributed by atoms with Gasteiger partial charge in [0.05, 0.1) is 30.6 Å². The van der Waals surface area contributed by atoms with Crippen LogP contribution >= 0.6 is 0 Å². The number of hydrogen-bond donors (Lipinski definition) is 1. The number of carbonyl (C=O) groups is 1. The normalized spacial score (nSPS) is 20.4. The second kappa shape index (κ2) is 6.08. The molecule has 0 bridgehead atoms. The molecule has 1 fully saturated rings. The van der Waals surface area contributed by atoms with Crippen LogP contribution in [0.2, 0.25) is 0 Å². The second-order valence-electron chi connectivity index (χ2n) is 4.85. The van der Waals surface area contributed by atoms with Gasteiger partial charge >= 0.3 is 5.97 Å². The molecule has 1 saturated heterocycles. The lowest BCUT2D eigenvalue weighted by atomic mass is 10.2. The van der Waals surface area contributed by atoms with Crippen LogP contribution in [0.3, 0.4) is 0 Å². The highest BCUT2D eigenvalue weighted by Crippen LogP contribution is 2.25. The number of sulfonamides is 1. The highest BCUT2D eigenvalue weighted by atomic mass is 32.2. The Labute approximate surface area is 122 Å². The Balaban J connectivity index is 2.40. The summed E-state index contributed by atoms with van der Waals surface area (Å²) in [6.07, 6.45) is -0.354. The average Bonchev–Trinajstić information content (AvgIpc) is 2.41. The van der Waals surface area contributed by atoms with Crippen molar-refractivity contribution in [3.8, 4) is 0 Å². The standard InChI is InChI=1S/C13H16FNO5S/c1-9-2-3-10(14)6-12(9)21(18,19)15-4-5-20-8-11(15)7-13(16)17/h2-3,6,11H,4-5,7-8H2,1H3,(H,16,17). The van der Waals surface area contributed by atoms with Gasteiger partial charge in [0.25, 0.3) is 0 Å². The van der Waals surface area contributed by atoms with Crippen molar-refractivity contribution in [3.63, 3.8) is 0 Å². The molecule has 1 aliphatic heterocycles. The van der Waals surface area contributed by atoms with Crippen molar-refractivity contribution in [1.29, 1.82) is 0 Å². The number of carboxylic acids is 1. The number of ether oxygens (including phenoxy) is 1. The van der Waals surface area contributed by atoms with Crippen LogP contribution < -0.4 is 0 Å². The second-order valence-corrected chi connectivity index (χ2v) is 6.71. The monoisotopic (exact) mass is 317 g/mol. The average molecular weight is 317 g/mol. The Morgan fingerprint density at radius 1 is 1.52 bits per heavy atom. The third kappa shape index (κ3) is 3.39. The summed E-state index contributed by atoms with van der Waals surface area (Å²) >= 11 is 0. The smallest absolute Gasteiger partial charge is 0.305 e. The van der Waals surface area contributed by atoms with E-state index in [1.165, 1.54) is 12.1 Å². The van der Waals surface area contributed by atoms with Gasteiger partial charge in [-0.2, -0.15) is 4.31 Å². The SMILES string of the molecule is Cc1ccc(F)cc1S(=O)(=O)N1CCOCC1CC(=O)O. The zero-order chi connectivity index (χ0) is 15.6. The predicted molar refractivity (Wildman–Crippen MR) is 71.9 cm³/mol. The Bertz CT molecular complexity index is 646. The Hall–Kier alpha value is -1.51. The van der Waals surface area contributed by atoms with Crippen LogP contribution in [0.5, 0.6) is 0 Å². The van der Waals surface area contributed by atoms with Crippen molar-refractivity contribution in [2.75, 3.05) is 19.8 Å². The molecular weight excluding hydrogens is 301 g/mol. The van der Waals surface area contributed by atoms with Crippen molar-refractivity contribution in [3.05, 3.63) is 29.6 Å². The molecule has 2 rings (SSSR count). The molecule has 1 aliphatic rings. The molecule has 0 amide bonds. The number of nitrogens with zero attached hydrogens (tertiary/aromatic N) is 1. The third-order valence-corrected chi connectivity index (χ3v) is 5.41. The van der Waals surface area contributed by atoms with Gasteiger partial charge < -0.3 is 9.84 Å². The fourth-order valence-corrected chi connectivity index (χ4v) is 4.13. The van der Waals surface area contributed by atoms with Crippen molar-refractivity contribution in [2.24, 2.45) is 0 Å². The molecule has 116 valence electrons. The topological polar surface area (TPSA) is 83.9 Å². The van der Waals surface area contributed by atoms with Gasteiger partial charge in [0.15, 0.2) is 0 Å². The van der Waals surface area contributed by atoms with E-state index in [0.717, 1.165) is 10.4 Å². The van der Waals surface area contributed by atoms with Crippen LogP contribution in [-0.4, -0.2) is 49.6 Å². The summed E-state index contributed by atoms with van der Waals surface area (Å²) < 4.78 is 44.9. The number of hydrogen-bond acceptors (Lipinski definition) is 4. The van der Waals surface area contributed by atoms with Gasteiger partial charge in [-0.15, -0.1) is 0 Å². The summed E-state index contributed by atoms with van der Waals surface area (Å²) in [6.45, 7) is 1.82. The first kappa shape index (κ1) is 15.9. The van der Waals surface area contributed by atoms with Gasteiger partial charge in [0.2, 0.25) is 10.0 Å². The first-order valence-electron chi connectivity index (χ1n) is 6.40. The van der Waals surface area contributed by atoms with Gasteiger partial charge in [-0.3, -0.25) is 4.79 Å². The molecule has 0 aromatic heterocycles. The maximum atomic E-state index is 13.4. The van der Waals surface area contributed by atoms with Crippen molar-refractivity contribution in [2.45, 2.75) is 24.3 Å². The molecule has 1 aromatic rings. The molecule has 6 nitrogen and oxygen atoms in total. The Morgan fingerprint density at radius 2 is 2.24 bits per heavy atom. The number of carboxylic acid groups (broad SMARTS) is 1. The van der Waals surface area contributed by atoms with Crippen LogP contribution in [0.15, 0.2) is 23.1 Å². The minimum atomic E-state index is -3.96. The summed E-state index contributed by atoms with van der Waals surface area (Å²) in [4.78, 5) is 10.7. The summed E-state index contributed by atoms with van der Waals surface area (Å²) in [7, 11) is -3.96. The largest absolute Gasteiger partial charge is 0.481 e. The molecule has 1 N–H and O–H groups in total. The summed E-state index contributed by atoms with van der Waals surface area (Å²) in [5.74, 6) is -1.76. The van der Waals surface area contributed by atoms with Crippen LogP contribution in [0.4, 0.5) is 4.39 Å². The molecule has 0 aliphatic carbocycles. The number of benzene rings is 1. The molecule has 1 atom stereocenters. The molecule has 0 saturated carbocycles. The van der Waals surface area contributed by atoms with Gasteiger partial charge in [-0.05, 0) is 24.6 Å². The minimum Gasteiger partial charge on any atom is -0.481 e.